The number of rotatable bonds is 8. The van der Waals surface area contributed by atoms with Crippen LogP contribution in [0.3, 0.4) is 0 Å². The lowest BCUT2D eigenvalue weighted by Crippen LogP contribution is -2.23. The molecule has 0 aromatic carbocycles. The molecule has 1 aromatic rings. The van der Waals surface area contributed by atoms with Gasteiger partial charge in [-0.1, -0.05) is 13.8 Å². The van der Waals surface area contributed by atoms with Crippen molar-refractivity contribution >= 4 is 0 Å². The molecule has 4 nitrogen and oxygen atoms in total. The van der Waals surface area contributed by atoms with Crippen LogP contribution in [0.2, 0.25) is 0 Å². The molecule has 0 bridgehead atoms. The predicted molar refractivity (Wildman–Crippen MR) is 79.1 cm³/mol. The number of likely N-dealkylation sites (tertiary alicyclic amines) is 1. The molecule has 0 amide bonds. The molecule has 0 saturated carbocycles. The normalized spacial score (nSPS) is 16.6. The smallest absolute Gasteiger partial charge is 0.122 e. The third kappa shape index (κ3) is 4.96. The fourth-order valence-corrected chi connectivity index (χ4v) is 2.65. The quantitative estimate of drug-likeness (QED) is 0.781. The third-order valence-electron chi connectivity index (χ3n) is 3.71. The zero-order valence-electron chi connectivity index (χ0n) is 12.4. The number of nitrogens with one attached hydrogen (secondary N) is 1. The van der Waals surface area contributed by atoms with Gasteiger partial charge in [0.1, 0.15) is 5.82 Å². The molecule has 0 radical (unpaired) electrons. The fraction of sp³-hybridized carbons (Fsp3) is 0.800. The standard InChI is InChI=1S/C15H28N4/c1-14(2)12-16-13-15-17-6-11-19(15)10-5-9-18-7-3-4-8-18/h6,11,14,16H,3-5,7-10,12-13H2,1-2H3. The summed E-state index contributed by atoms with van der Waals surface area (Å²) < 4.78 is 2.30. The van der Waals surface area contributed by atoms with Crippen LogP contribution in [0, 0.1) is 5.92 Å². The zero-order valence-corrected chi connectivity index (χ0v) is 12.4. The van der Waals surface area contributed by atoms with Gasteiger partial charge in [0.2, 0.25) is 0 Å². The summed E-state index contributed by atoms with van der Waals surface area (Å²) in [6.07, 6.45) is 8.02. The number of nitrogens with zero attached hydrogens (tertiary/aromatic N) is 3. The maximum absolute atomic E-state index is 4.45. The Hall–Kier alpha value is -0.870. The van der Waals surface area contributed by atoms with E-state index < -0.39 is 0 Å². The van der Waals surface area contributed by atoms with Crippen molar-refractivity contribution in [3.63, 3.8) is 0 Å². The van der Waals surface area contributed by atoms with Gasteiger partial charge in [-0.2, -0.15) is 0 Å². The second-order valence-electron chi connectivity index (χ2n) is 5.96. The van der Waals surface area contributed by atoms with Crippen LogP contribution in [-0.4, -0.2) is 40.6 Å². The monoisotopic (exact) mass is 264 g/mol. The number of imidazole rings is 1. The molecular formula is C15H28N4. The van der Waals surface area contributed by atoms with Crippen molar-refractivity contribution in [3.05, 3.63) is 18.2 Å². The molecule has 1 fully saturated rings. The topological polar surface area (TPSA) is 33.1 Å². The Bertz CT molecular complexity index is 353. The molecule has 1 aromatic heterocycles. The Kier molecular flexibility index (Phi) is 5.86. The lowest BCUT2D eigenvalue weighted by Gasteiger charge is -2.15. The van der Waals surface area contributed by atoms with Crippen molar-refractivity contribution in [2.24, 2.45) is 5.92 Å². The Labute approximate surface area is 117 Å². The number of hydrogen-bond donors (Lipinski definition) is 1. The SMILES string of the molecule is CC(C)CNCc1nccn1CCCN1CCCC1. The van der Waals surface area contributed by atoms with E-state index in [1.54, 1.807) is 0 Å². The summed E-state index contributed by atoms with van der Waals surface area (Å²) in [4.78, 5) is 7.03. The Balaban J connectivity index is 1.69. The van der Waals surface area contributed by atoms with Crippen LogP contribution >= 0.6 is 0 Å². The van der Waals surface area contributed by atoms with E-state index in [4.69, 9.17) is 0 Å². The van der Waals surface area contributed by atoms with E-state index in [2.05, 4.69) is 39.8 Å². The first-order valence-electron chi connectivity index (χ1n) is 7.69. The number of hydrogen-bond acceptors (Lipinski definition) is 3. The molecule has 0 spiro atoms. The van der Waals surface area contributed by atoms with E-state index in [9.17, 15) is 0 Å². The summed E-state index contributed by atoms with van der Waals surface area (Å²) in [5, 5.41) is 3.47. The number of aryl methyl sites for hydroxylation is 1. The highest BCUT2D eigenvalue weighted by molar-refractivity contribution is 4.92. The van der Waals surface area contributed by atoms with Crippen molar-refractivity contribution in [2.45, 2.75) is 46.2 Å². The molecule has 19 heavy (non-hydrogen) atoms. The predicted octanol–water partition coefficient (Wildman–Crippen LogP) is 2.11. The average Bonchev–Trinajstić information content (AvgIpc) is 3.01. The van der Waals surface area contributed by atoms with Gasteiger partial charge in [-0.05, 0) is 51.4 Å². The molecule has 4 heteroatoms. The van der Waals surface area contributed by atoms with Crippen LogP contribution in [0.15, 0.2) is 12.4 Å². The van der Waals surface area contributed by atoms with Gasteiger partial charge in [-0.3, -0.25) is 0 Å². The molecule has 0 aliphatic carbocycles. The highest BCUT2D eigenvalue weighted by Crippen LogP contribution is 2.08. The fourth-order valence-electron chi connectivity index (χ4n) is 2.65. The Morgan fingerprint density at radius 2 is 2.05 bits per heavy atom. The first-order chi connectivity index (χ1) is 9.25. The van der Waals surface area contributed by atoms with Gasteiger partial charge in [0.15, 0.2) is 0 Å². The van der Waals surface area contributed by atoms with Crippen LogP contribution in [0.4, 0.5) is 0 Å². The summed E-state index contributed by atoms with van der Waals surface area (Å²) in [5.41, 5.74) is 0. The van der Waals surface area contributed by atoms with Crippen LogP contribution in [0.5, 0.6) is 0 Å². The lowest BCUT2D eigenvalue weighted by molar-refractivity contribution is 0.324. The summed E-state index contributed by atoms with van der Waals surface area (Å²) in [6.45, 7) is 11.3. The highest BCUT2D eigenvalue weighted by Gasteiger charge is 2.10. The van der Waals surface area contributed by atoms with E-state index in [1.165, 1.54) is 44.7 Å². The minimum absolute atomic E-state index is 0.693. The molecule has 1 N–H and O–H groups in total. The van der Waals surface area contributed by atoms with Crippen molar-refractivity contribution in [3.8, 4) is 0 Å². The van der Waals surface area contributed by atoms with Gasteiger partial charge in [-0.15, -0.1) is 0 Å². The van der Waals surface area contributed by atoms with Gasteiger partial charge < -0.3 is 14.8 Å². The molecule has 0 unspecified atom stereocenters. The highest BCUT2D eigenvalue weighted by atomic mass is 15.1. The molecule has 0 atom stereocenters. The third-order valence-corrected chi connectivity index (χ3v) is 3.71. The van der Waals surface area contributed by atoms with Crippen molar-refractivity contribution in [1.82, 2.24) is 19.8 Å². The van der Waals surface area contributed by atoms with Gasteiger partial charge in [-0.25, -0.2) is 4.98 Å². The van der Waals surface area contributed by atoms with E-state index in [0.717, 1.165) is 19.6 Å². The molecule has 1 saturated heterocycles. The van der Waals surface area contributed by atoms with Gasteiger partial charge in [0, 0.05) is 18.9 Å². The van der Waals surface area contributed by atoms with Crippen LogP contribution in [-0.2, 0) is 13.1 Å². The van der Waals surface area contributed by atoms with Crippen molar-refractivity contribution in [2.75, 3.05) is 26.2 Å². The first-order valence-corrected chi connectivity index (χ1v) is 7.69. The summed E-state index contributed by atoms with van der Waals surface area (Å²) >= 11 is 0. The summed E-state index contributed by atoms with van der Waals surface area (Å²) in [6, 6.07) is 0. The lowest BCUT2D eigenvalue weighted by atomic mass is 10.2. The molecule has 2 heterocycles. The van der Waals surface area contributed by atoms with E-state index in [0.29, 0.717) is 5.92 Å². The second kappa shape index (κ2) is 7.65. The van der Waals surface area contributed by atoms with Gasteiger partial charge in [0.25, 0.3) is 0 Å². The Morgan fingerprint density at radius 3 is 2.79 bits per heavy atom. The van der Waals surface area contributed by atoms with Crippen molar-refractivity contribution in [1.29, 1.82) is 0 Å². The maximum atomic E-state index is 4.45. The number of aromatic nitrogens is 2. The van der Waals surface area contributed by atoms with Crippen LogP contribution in [0.1, 0.15) is 38.9 Å². The van der Waals surface area contributed by atoms with E-state index in [1.807, 2.05) is 6.20 Å². The van der Waals surface area contributed by atoms with Crippen LogP contribution in [0.25, 0.3) is 0 Å². The maximum Gasteiger partial charge on any atom is 0.122 e. The average molecular weight is 264 g/mol. The minimum atomic E-state index is 0.693. The second-order valence-corrected chi connectivity index (χ2v) is 5.96. The minimum Gasteiger partial charge on any atom is -0.334 e. The zero-order chi connectivity index (χ0) is 13.5. The summed E-state index contributed by atoms with van der Waals surface area (Å²) in [5.74, 6) is 1.86. The van der Waals surface area contributed by atoms with Crippen molar-refractivity contribution < 1.29 is 0 Å². The van der Waals surface area contributed by atoms with E-state index in [-0.39, 0.29) is 0 Å². The molecular weight excluding hydrogens is 236 g/mol. The largest absolute Gasteiger partial charge is 0.334 e. The molecule has 1 aliphatic rings. The van der Waals surface area contributed by atoms with Crippen LogP contribution < -0.4 is 5.32 Å². The van der Waals surface area contributed by atoms with Gasteiger partial charge >= 0.3 is 0 Å². The van der Waals surface area contributed by atoms with Gasteiger partial charge in [0.05, 0.1) is 6.54 Å². The molecule has 2 rings (SSSR count). The summed E-state index contributed by atoms with van der Waals surface area (Å²) in [7, 11) is 0. The van der Waals surface area contributed by atoms with E-state index >= 15 is 0 Å². The first kappa shape index (κ1) is 14.5. The molecule has 108 valence electrons. The Morgan fingerprint density at radius 1 is 1.26 bits per heavy atom. The molecule has 1 aliphatic heterocycles.